The van der Waals surface area contributed by atoms with Gasteiger partial charge >= 0.3 is 6.09 Å². The normalized spacial score (nSPS) is 19.8. The molecule has 0 spiro atoms. The number of carbonyl (C=O) groups excluding carboxylic acids is 2. The number of benzene rings is 1. The van der Waals surface area contributed by atoms with Crippen LogP contribution in [0.5, 0.6) is 0 Å². The number of amides is 2. The molecule has 3 aliphatic heterocycles. The molecule has 0 saturated carbocycles. The molecule has 216 valence electrons. The third-order valence-electron chi connectivity index (χ3n) is 8.10. The van der Waals surface area contributed by atoms with E-state index in [2.05, 4.69) is 51.5 Å². The van der Waals surface area contributed by atoms with E-state index in [0.717, 1.165) is 35.0 Å². The summed E-state index contributed by atoms with van der Waals surface area (Å²) in [5.41, 5.74) is 3.10. The fourth-order valence-corrected chi connectivity index (χ4v) is 6.87. The summed E-state index contributed by atoms with van der Waals surface area (Å²) in [5.74, 6) is 0.0739. The van der Waals surface area contributed by atoms with E-state index in [0.29, 0.717) is 25.7 Å². The van der Waals surface area contributed by atoms with Crippen LogP contribution in [0.3, 0.4) is 0 Å². The van der Waals surface area contributed by atoms with Gasteiger partial charge in [0.2, 0.25) is 5.91 Å². The zero-order valence-corrected chi connectivity index (χ0v) is 25.1. The fraction of sp³-hybridized carbons (Fsp3) is 0.562. The summed E-state index contributed by atoms with van der Waals surface area (Å²) in [4.78, 5) is 33.0. The standard InChI is InChI=1S/C32H44N4O3S/c1-32(2,3)39-31(38)36-21-13-25(14-22-36)24-7-9-26(10-8-24)28-11-12-30(40-28)33-29(37)23-34-19-15-27(16-20-34)35-17-5-4-6-18-35/h7-13,27H,4-6,14-23H2,1-3H3,(H,33,37). The number of hydrogen-bond donors (Lipinski definition) is 1. The van der Waals surface area contributed by atoms with Crippen molar-refractivity contribution in [3.8, 4) is 10.4 Å². The zero-order chi connectivity index (χ0) is 28.1. The molecule has 2 saturated heterocycles. The summed E-state index contributed by atoms with van der Waals surface area (Å²) < 4.78 is 5.50. The zero-order valence-electron chi connectivity index (χ0n) is 24.3. The molecule has 7 nitrogen and oxygen atoms in total. The topological polar surface area (TPSA) is 65.1 Å². The fourth-order valence-electron chi connectivity index (χ4n) is 5.94. The summed E-state index contributed by atoms with van der Waals surface area (Å²) in [6.45, 7) is 11.9. The van der Waals surface area contributed by atoms with Gasteiger partial charge in [-0.1, -0.05) is 36.8 Å². The van der Waals surface area contributed by atoms with Crippen LogP contribution in [-0.4, -0.2) is 84.2 Å². The molecule has 4 heterocycles. The Balaban J connectivity index is 1.09. The Bertz CT molecular complexity index is 1190. The number of nitrogens with zero attached hydrogens (tertiary/aromatic N) is 3. The molecule has 1 aromatic carbocycles. The first-order chi connectivity index (χ1) is 19.2. The van der Waals surface area contributed by atoms with E-state index in [-0.39, 0.29) is 12.0 Å². The van der Waals surface area contributed by atoms with E-state index in [1.807, 2.05) is 26.8 Å². The van der Waals surface area contributed by atoms with Gasteiger partial charge in [0.25, 0.3) is 0 Å². The van der Waals surface area contributed by atoms with Crippen molar-refractivity contribution < 1.29 is 14.3 Å². The van der Waals surface area contributed by atoms with Gasteiger partial charge < -0.3 is 19.9 Å². The smallest absolute Gasteiger partial charge is 0.410 e. The van der Waals surface area contributed by atoms with Crippen molar-refractivity contribution >= 4 is 33.9 Å². The molecule has 0 aliphatic carbocycles. The number of carbonyl (C=O) groups is 2. The number of ether oxygens (including phenoxy) is 1. The maximum absolute atomic E-state index is 12.8. The highest BCUT2D eigenvalue weighted by atomic mass is 32.1. The van der Waals surface area contributed by atoms with Crippen molar-refractivity contribution in [2.24, 2.45) is 0 Å². The third-order valence-corrected chi connectivity index (χ3v) is 9.15. The molecule has 0 bridgehead atoms. The van der Waals surface area contributed by atoms with Gasteiger partial charge in [-0.15, -0.1) is 11.3 Å². The largest absolute Gasteiger partial charge is 0.444 e. The van der Waals surface area contributed by atoms with Crippen LogP contribution in [0.1, 0.15) is 64.9 Å². The Labute approximate surface area is 243 Å². The molecule has 1 aromatic heterocycles. The van der Waals surface area contributed by atoms with E-state index in [1.54, 1.807) is 16.2 Å². The quantitative estimate of drug-likeness (QED) is 0.444. The van der Waals surface area contributed by atoms with Crippen molar-refractivity contribution in [2.75, 3.05) is 51.1 Å². The van der Waals surface area contributed by atoms with Gasteiger partial charge in [0.15, 0.2) is 0 Å². The molecule has 3 aliphatic rings. The van der Waals surface area contributed by atoms with E-state index in [9.17, 15) is 9.59 Å². The summed E-state index contributed by atoms with van der Waals surface area (Å²) >= 11 is 1.62. The number of likely N-dealkylation sites (tertiary alicyclic amines) is 2. The number of piperidine rings is 2. The SMILES string of the molecule is CC(C)(C)OC(=O)N1CC=C(c2ccc(-c3ccc(NC(=O)CN4CCC(N5CCCCC5)CC4)s3)cc2)CC1. The molecule has 2 amide bonds. The van der Waals surface area contributed by atoms with Crippen molar-refractivity contribution in [3.05, 3.63) is 48.0 Å². The summed E-state index contributed by atoms with van der Waals surface area (Å²) in [6, 6.07) is 13.4. The second-order valence-corrected chi connectivity index (χ2v) is 13.4. The lowest BCUT2D eigenvalue weighted by Gasteiger charge is -2.40. The first kappa shape index (κ1) is 28.8. The Morgan fingerprint density at radius 2 is 1.62 bits per heavy atom. The Hall–Kier alpha value is -2.68. The molecule has 0 radical (unpaired) electrons. The highest BCUT2D eigenvalue weighted by Crippen LogP contribution is 2.33. The molecule has 0 atom stereocenters. The van der Waals surface area contributed by atoms with Crippen molar-refractivity contribution in [2.45, 2.75) is 70.9 Å². The van der Waals surface area contributed by atoms with Gasteiger partial charge in [-0.25, -0.2) is 4.79 Å². The van der Waals surface area contributed by atoms with Crippen LogP contribution in [-0.2, 0) is 9.53 Å². The molecule has 2 aromatic rings. The lowest BCUT2D eigenvalue weighted by molar-refractivity contribution is -0.117. The first-order valence-corrected chi connectivity index (χ1v) is 15.7. The minimum Gasteiger partial charge on any atom is -0.444 e. The van der Waals surface area contributed by atoms with Crippen LogP contribution in [0.15, 0.2) is 42.5 Å². The summed E-state index contributed by atoms with van der Waals surface area (Å²) in [7, 11) is 0. The van der Waals surface area contributed by atoms with E-state index < -0.39 is 5.60 Å². The molecule has 1 N–H and O–H groups in total. The minimum absolute atomic E-state index is 0.0739. The average molecular weight is 565 g/mol. The van der Waals surface area contributed by atoms with Gasteiger partial charge in [0.05, 0.1) is 11.5 Å². The number of anilines is 1. The number of thiophene rings is 1. The van der Waals surface area contributed by atoms with Crippen LogP contribution < -0.4 is 5.32 Å². The molecule has 8 heteroatoms. The van der Waals surface area contributed by atoms with Gasteiger partial charge in [-0.2, -0.15) is 0 Å². The molecule has 40 heavy (non-hydrogen) atoms. The van der Waals surface area contributed by atoms with Crippen molar-refractivity contribution in [1.29, 1.82) is 0 Å². The number of hydrogen-bond acceptors (Lipinski definition) is 6. The van der Waals surface area contributed by atoms with Crippen LogP contribution in [0.25, 0.3) is 16.0 Å². The minimum atomic E-state index is -0.481. The lowest BCUT2D eigenvalue weighted by atomic mass is 9.98. The lowest BCUT2D eigenvalue weighted by Crippen LogP contribution is -2.48. The van der Waals surface area contributed by atoms with Gasteiger partial charge in [0.1, 0.15) is 5.60 Å². The molecule has 5 rings (SSSR count). The van der Waals surface area contributed by atoms with Crippen LogP contribution in [0.4, 0.5) is 9.80 Å². The first-order valence-electron chi connectivity index (χ1n) is 14.9. The molecular formula is C32H44N4O3S. The third kappa shape index (κ3) is 7.74. The van der Waals surface area contributed by atoms with Crippen molar-refractivity contribution in [1.82, 2.24) is 14.7 Å². The number of rotatable bonds is 6. The summed E-state index contributed by atoms with van der Waals surface area (Å²) in [6.07, 6.45) is 9.07. The average Bonchev–Trinajstić information content (AvgIpc) is 3.41. The molecule has 0 unspecified atom stereocenters. The number of nitrogens with one attached hydrogen (secondary N) is 1. The van der Waals surface area contributed by atoms with E-state index in [1.165, 1.54) is 56.3 Å². The van der Waals surface area contributed by atoms with E-state index in [4.69, 9.17) is 4.74 Å². The van der Waals surface area contributed by atoms with Gasteiger partial charge in [-0.3, -0.25) is 9.69 Å². The molecular weight excluding hydrogens is 520 g/mol. The maximum Gasteiger partial charge on any atom is 0.410 e. The monoisotopic (exact) mass is 564 g/mol. The van der Waals surface area contributed by atoms with Gasteiger partial charge in [0, 0.05) is 37.1 Å². The highest BCUT2D eigenvalue weighted by molar-refractivity contribution is 7.19. The second kappa shape index (κ2) is 12.9. The van der Waals surface area contributed by atoms with E-state index >= 15 is 0 Å². The second-order valence-electron chi connectivity index (χ2n) is 12.3. The molecule has 2 fully saturated rings. The Morgan fingerprint density at radius 3 is 2.27 bits per heavy atom. The Kier molecular flexibility index (Phi) is 9.28. The van der Waals surface area contributed by atoms with Crippen LogP contribution in [0, 0.1) is 0 Å². The maximum atomic E-state index is 12.8. The van der Waals surface area contributed by atoms with Crippen molar-refractivity contribution in [3.63, 3.8) is 0 Å². The predicted octanol–water partition coefficient (Wildman–Crippen LogP) is 6.33. The van der Waals surface area contributed by atoms with Gasteiger partial charge in [-0.05, 0) is 94.8 Å². The Morgan fingerprint density at radius 1 is 0.925 bits per heavy atom. The highest BCUT2D eigenvalue weighted by Gasteiger charge is 2.27. The van der Waals surface area contributed by atoms with Crippen LogP contribution in [0.2, 0.25) is 0 Å². The summed E-state index contributed by atoms with van der Waals surface area (Å²) in [5, 5.41) is 4.01. The predicted molar refractivity (Wildman–Crippen MR) is 164 cm³/mol. The van der Waals surface area contributed by atoms with Crippen LogP contribution >= 0.6 is 11.3 Å².